The van der Waals surface area contributed by atoms with Gasteiger partial charge in [-0.15, -0.1) is 0 Å². The topological polar surface area (TPSA) is 73.8 Å². The number of benzene rings is 1. The molecule has 1 aromatic heterocycles. The zero-order valence-electron chi connectivity index (χ0n) is 11.5. The van der Waals surface area contributed by atoms with Gasteiger partial charge in [-0.05, 0) is 26.3 Å². The second-order valence-electron chi connectivity index (χ2n) is 4.92. The van der Waals surface area contributed by atoms with Gasteiger partial charge >= 0.3 is 0 Å². The van der Waals surface area contributed by atoms with Crippen molar-refractivity contribution in [3.05, 3.63) is 47.0 Å². The van der Waals surface area contributed by atoms with Crippen molar-refractivity contribution in [2.45, 2.75) is 32.9 Å². The van der Waals surface area contributed by atoms with Crippen molar-refractivity contribution in [1.82, 2.24) is 20.5 Å². The molecule has 2 aromatic rings. The van der Waals surface area contributed by atoms with Crippen LogP contribution in [0.15, 0.2) is 24.5 Å². The summed E-state index contributed by atoms with van der Waals surface area (Å²) >= 11 is 0. The predicted molar refractivity (Wildman–Crippen MR) is 73.7 cm³/mol. The van der Waals surface area contributed by atoms with E-state index < -0.39 is 0 Å². The van der Waals surface area contributed by atoms with Gasteiger partial charge in [-0.3, -0.25) is 10.4 Å². The van der Waals surface area contributed by atoms with Crippen molar-refractivity contribution < 1.29 is 5.11 Å². The molecule has 5 heteroatoms. The fourth-order valence-electron chi connectivity index (χ4n) is 2.27. The monoisotopic (exact) mass is 260 g/mol. The van der Waals surface area contributed by atoms with E-state index in [0.29, 0.717) is 0 Å². The van der Waals surface area contributed by atoms with E-state index in [0.717, 1.165) is 11.4 Å². The minimum Gasteiger partial charge on any atom is -0.394 e. The van der Waals surface area contributed by atoms with E-state index in [9.17, 15) is 5.11 Å². The fraction of sp³-hybridized carbons (Fsp3) is 0.429. The third kappa shape index (κ3) is 3.39. The number of aryl methyl sites for hydroxylation is 2. The van der Waals surface area contributed by atoms with Gasteiger partial charge in [0.25, 0.3) is 0 Å². The molecule has 2 rings (SSSR count). The number of nitrogens with one attached hydrogen (secondary N) is 2. The van der Waals surface area contributed by atoms with Crippen LogP contribution >= 0.6 is 0 Å². The maximum atomic E-state index is 9.60. The first kappa shape index (κ1) is 13.7. The molecule has 3 N–H and O–H groups in total. The summed E-state index contributed by atoms with van der Waals surface area (Å²) < 4.78 is 0. The van der Waals surface area contributed by atoms with Gasteiger partial charge in [-0.1, -0.05) is 29.3 Å². The third-order valence-corrected chi connectivity index (χ3v) is 3.12. The molecule has 1 heterocycles. The summed E-state index contributed by atoms with van der Waals surface area (Å²) in [5.41, 5.74) is 3.48. The molecule has 2 atom stereocenters. The fourth-order valence-corrected chi connectivity index (χ4v) is 2.27. The van der Waals surface area contributed by atoms with E-state index in [2.05, 4.69) is 52.5 Å². The number of aromatic amines is 1. The number of hydrogen-bond acceptors (Lipinski definition) is 4. The Kier molecular flexibility index (Phi) is 4.29. The minimum absolute atomic E-state index is 0.000434. The van der Waals surface area contributed by atoms with Crippen LogP contribution in [0.5, 0.6) is 0 Å². The number of aliphatic hydroxyl groups is 1. The summed E-state index contributed by atoms with van der Waals surface area (Å²) in [6.45, 7) is 6.16. The number of aromatic nitrogens is 3. The maximum absolute atomic E-state index is 9.60. The molecule has 0 aliphatic heterocycles. The second-order valence-corrected chi connectivity index (χ2v) is 4.92. The Morgan fingerprint density at radius 1 is 1.26 bits per heavy atom. The van der Waals surface area contributed by atoms with Gasteiger partial charge in [-0.25, -0.2) is 4.98 Å². The Hall–Kier alpha value is -1.72. The number of nitrogens with zero attached hydrogens (tertiary/aromatic N) is 2. The van der Waals surface area contributed by atoms with Crippen LogP contribution in [0.25, 0.3) is 0 Å². The van der Waals surface area contributed by atoms with Crippen molar-refractivity contribution in [3.8, 4) is 0 Å². The zero-order chi connectivity index (χ0) is 13.8. The molecule has 0 saturated carbocycles. The van der Waals surface area contributed by atoms with Crippen molar-refractivity contribution in [2.24, 2.45) is 0 Å². The molecule has 5 nitrogen and oxygen atoms in total. The standard InChI is InChI=1S/C14H20N4O/c1-9-4-10(2)6-12(5-9)13(7-19)17-11(3)14-15-8-16-18-14/h4-6,8,11,13,17,19H,7H2,1-3H3,(H,15,16,18). The first-order chi connectivity index (χ1) is 9.10. The van der Waals surface area contributed by atoms with Crippen LogP contribution in [0, 0.1) is 13.8 Å². The van der Waals surface area contributed by atoms with E-state index in [4.69, 9.17) is 0 Å². The number of rotatable bonds is 5. The van der Waals surface area contributed by atoms with Crippen LogP contribution in [0.2, 0.25) is 0 Å². The van der Waals surface area contributed by atoms with Gasteiger partial charge in [0.15, 0.2) is 0 Å². The summed E-state index contributed by atoms with van der Waals surface area (Å²) in [5.74, 6) is 0.767. The van der Waals surface area contributed by atoms with Crippen LogP contribution in [-0.4, -0.2) is 26.9 Å². The Morgan fingerprint density at radius 2 is 1.95 bits per heavy atom. The van der Waals surface area contributed by atoms with Gasteiger partial charge in [0.2, 0.25) is 0 Å². The van der Waals surface area contributed by atoms with Crippen LogP contribution in [-0.2, 0) is 0 Å². The van der Waals surface area contributed by atoms with E-state index in [1.54, 1.807) is 0 Å². The van der Waals surface area contributed by atoms with Crippen molar-refractivity contribution in [3.63, 3.8) is 0 Å². The Bertz CT molecular complexity index is 504. The van der Waals surface area contributed by atoms with Crippen LogP contribution < -0.4 is 5.32 Å². The number of aliphatic hydroxyl groups excluding tert-OH is 1. The van der Waals surface area contributed by atoms with Gasteiger partial charge in [-0.2, -0.15) is 5.10 Å². The number of H-pyrrole nitrogens is 1. The molecular weight excluding hydrogens is 240 g/mol. The molecule has 0 fully saturated rings. The summed E-state index contributed by atoms with van der Waals surface area (Å²) in [7, 11) is 0. The molecule has 19 heavy (non-hydrogen) atoms. The van der Waals surface area contributed by atoms with Crippen molar-refractivity contribution >= 4 is 0 Å². The highest BCUT2D eigenvalue weighted by Crippen LogP contribution is 2.20. The first-order valence-corrected chi connectivity index (χ1v) is 6.40. The summed E-state index contributed by atoms with van der Waals surface area (Å²) in [4.78, 5) is 4.12. The van der Waals surface area contributed by atoms with Gasteiger partial charge in [0.05, 0.1) is 18.7 Å². The summed E-state index contributed by atoms with van der Waals surface area (Å²) in [6.07, 6.45) is 1.48. The lowest BCUT2D eigenvalue weighted by molar-refractivity contribution is 0.234. The lowest BCUT2D eigenvalue weighted by atomic mass is 10.0. The summed E-state index contributed by atoms with van der Waals surface area (Å²) in [6, 6.07) is 6.19. The molecule has 102 valence electrons. The zero-order valence-corrected chi connectivity index (χ0v) is 11.5. The largest absolute Gasteiger partial charge is 0.394 e. The minimum atomic E-state index is -0.112. The van der Waals surface area contributed by atoms with Crippen molar-refractivity contribution in [2.75, 3.05) is 6.61 Å². The average Bonchev–Trinajstić information content (AvgIpc) is 2.88. The molecular formula is C14H20N4O. The average molecular weight is 260 g/mol. The van der Waals surface area contributed by atoms with Crippen molar-refractivity contribution in [1.29, 1.82) is 0 Å². The molecule has 0 saturated heterocycles. The van der Waals surface area contributed by atoms with E-state index >= 15 is 0 Å². The molecule has 2 unspecified atom stereocenters. The highest BCUT2D eigenvalue weighted by atomic mass is 16.3. The molecule has 1 aromatic carbocycles. The molecule has 0 spiro atoms. The van der Waals surface area contributed by atoms with Crippen LogP contribution in [0.1, 0.15) is 41.5 Å². The third-order valence-electron chi connectivity index (χ3n) is 3.12. The molecule has 0 bridgehead atoms. The molecule has 0 radical (unpaired) electrons. The Morgan fingerprint density at radius 3 is 2.47 bits per heavy atom. The highest BCUT2D eigenvalue weighted by molar-refractivity contribution is 5.30. The van der Waals surface area contributed by atoms with E-state index in [-0.39, 0.29) is 18.7 Å². The van der Waals surface area contributed by atoms with Gasteiger partial charge in [0, 0.05) is 0 Å². The Labute approximate surface area is 113 Å². The molecule has 0 aliphatic carbocycles. The first-order valence-electron chi connectivity index (χ1n) is 6.40. The lowest BCUT2D eigenvalue weighted by Gasteiger charge is -2.21. The van der Waals surface area contributed by atoms with Crippen LogP contribution in [0.4, 0.5) is 0 Å². The molecule has 0 aliphatic rings. The highest BCUT2D eigenvalue weighted by Gasteiger charge is 2.16. The maximum Gasteiger partial charge on any atom is 0.141 e. The lowest BCUT2D eigenvalue weighted by Crippen LogP contribution is -2.28. The van der Waals surface area contributed by atoms with E-state index in [1.807, 2.05) is 6.92 Å². The van der Waals surface area contributed by atoms with E-state index in [1.165, 1.54) is 17.5 Å². The number of hydrogen-bond donors (Lipinski definition) is 3. The predicted octanol–water partition coefficient (Wildman–Crippen LogP) is 1.81. The second kappa shape index (κ2) is 5.95. The van der Waals surface area contributed by atoms with Gasteiger partial charge < -0.3 is 5.11 Å². The van der Waals surface area contributed by atoms with Crippen LogP contribution in [0.3, 0.4) is 0 Å². The Balaban J connectivity index is 2.15. The smallest absolute Gasteiger partial charge is 0.141 e. The molecule has 0 amide bonds. The normalized spacial score (nSPS) is 14.3. The summed E-state index contributed by atoms with van der Waals surface area (Å²) in [5, 5.41) is 19.6. The van der Waals surface area contributed by atoms with Gasteiger partial charge in [0.1, 0.15) is 12.2 Å². The SMILES string of the molecule is Cc1cc(C)cc(C(CO)NC(C)c2ncn[nH]2)c1. The quantitative estimate of drug-likeness (QED) is 0.766.